The van der Waals surface area contributed by atoms with E-state index in [-0.39, 0.29) is 5.91 Å². The summed E-state index contributed by atoms with van der Waals surface area (Å²) < 4.78 is 5.68. The highest BCUT2D eigenvalue weighted by molar-refractivity contribution is 5.77. The summed E-state index contributed by atoms with van der Waals surface area (Å²) in [5.41, 5.74) is 6.73. The molecule has 0 aliphatic heterocycles. The average Bonchev–Trinajstić information content (AvgIpc) is 2.48. The Labute approximate surface area is 121 Å². The molecule has 3 N–H and O–H groups in total. The van der Waals surface area contributed by atoms with E-state index in [0.29, 0.717) is 19.7 Å². The Balaban J connectivity index is 2.33. The summed E-state index contributed by atoms with van der Waals surface area (Å²) in [5.74, 6) is 0.875. The van der Waals surface area contributed by atoms with Crippen molar-refractivity contribution in [3.63, 3.8) is 0 Å². The van der Waals surface area contributed by atoms with Crippen LogP contribution in [0, 0.1) is 0 Å². The van der Waals surface area contributed by atoms with E-state index in [9.17, 15) is 4.79 Å². The van der Waals surface area contributed by atoms with Crippen molar-refractivity contribution in [3.8, 4) is 5.75 Å². The van der Waals surface area contributed by atoms with Crippen molar-refractivity contribution in [2.75, 3.05) is 39.8 Å². The minimum absolute atomic E-state index is 0.0259. The number of carbonyl (C=O) groups excluding carboxylic acids is 1. The van der Waals surface area contributed by atoms with E-state index in [1.807, 2.05) is 36.1 Å². The topological polar surface area (TPSA) is 67.6 Å². The van der Waals surface area contributed by atoms with E-state index in [1.54, 1.807) is 7.05 Å². The van der Waals surface area contributed by atoms with Gasteiger partial charge in [-0.1, -0.05) is 19.1 Å². The molecule has 5 nitrogen and oxygen atoms in total. The summed E-state index contributed by atoms with van der Waals surface area (Å²) in [7, 11) is 1.65. The molecule has 1 rings (SSSR count). The Bertz CT molecular complexity index is 393. The van der Waals surface area contributed by atoms with E-state index < -0.39 is 0 Å². The molecule has 20 heavy (non-hydrogen) atoms. The normalized spacial score (nSPS) is 10.6. The van der Waals surface area contributed by atoms with Crippen molar-refractivity contribution in [1.82, 2.24) is 10.2 Å². The highest BCUT2D eigenvalue weighted by atomic mass is 16.5. The molecule has 1 aromatic carbocycles. The highest BCUT2D eigenvalue weighted by Gasteiger charge is 2.07. The van der Waals surface area contributed by atoms with Gasteiger partial charge >= 0.3 is 0 Å². The second kappa shape index (κ2) is 9.34. The number of benzene rings is 1. The zero-order valence-corrected chi connectivity index (χ0v) is 12.4. The third-order valence-electron chi connectivity index (χ3n) is 3.13. The first-order valence-electron chi connectivity index (χ1n) is 7.04. The first-order valence-corrected chi connectivity index (χ1v) is 7.04. The summed E-state index contributed by atoms with van der Waals surface area (Å²) >= 11 is 0. The predicted octanol–water partition coefficient (Wildman–Crippen LogP) is 0.635. The zero-order chi connectivity index (χ0) is 14.8. The fourth-order valence-corrected chi connectivity index (χ4v) is 1.84. The van der Waals surface area contributed by atoms with Crippen LogP contribution in [-0.4, -0.2) is 50.6 Å². The van der Waals surface area contributed by atoms with Gasteiger partial charge < -0.3 is 15.8 Å². The lowest BCUT2D eigenvalue weighted by Gasteiger charge is -2.19. The molecule has 0 unspecified atom stereocenters. The maximum Gasteiger partial charge on any atom is 0.233 e. The van der Waals surface area contributed by atoms with Crippen LogP contribution in [0.4, 0.5) is 0 Å². The molecule has 1 amide bonds. The molecule has 0 spiro atoms. The molecule has 0 fully saturated rings. The fraction of sp³-hybridized carbons (Fsp3) is 0.533. The number of nitrogens with one attached hydrogen (secondary N) is 1. The van der Waals surface area contributed by atoms with Crippen LogP contribution in [0.5, 0.6) is 5.75 Å². The van der Waals surface area contributed by atoms with Gasteiger partial charge in [0.25, 0.3) is 0 Å². The van der Waals surface area contributed by atoms with Crippen LogP contribution in [0.25, 0.3) is 0 Å². The Morgan fingerprint density at radius 1 is 1.35 bits per heavy atom. The SMILES string of the molecule is CCN(CCOc1ccc(CCN)cc1)CC(=O)NC. The third kappa shape index (κ3) is 6.04. The monoisotopic (exact) mass is 279 g/mol. The van der Waals surface area contributed by atoms with Gasteiger partial charge in [0.05, 0.1) is 6.54 Å². The number of hydrogen-bond acceptors (Lipinski definition) is 4. The van der Waals surface area contributed by atoms with Crippen LogP contribution in [0.2, 0.25) is 0 Å². The smallest absolute Gasteiger partial charge is 0.233 e. The summed E-state index contributed by atoms with van der Waals surface area (Å²) in [6, 6.07) is 7.98. The van der Waals surface area contributed by atoms with E-state index in [2.05, 4.69) is 5.32 Å². The second-order valence-electron chi connectivity index (χ2n) is 4.57. The number of nitrogens with zero attached hydrogens (tertiary/aromatic N) is 1. The predicted molar refractivity (Wildman–Crippen MR) is 80.9 cm³/mol. The molecule has 0 saturated carbocycles. The summed E-state index contributed by atoms with van der Waals surface area (Å²) in [6.07, 6.45) is 0.885. The molecule has 0 bridgehead atoms. The minimum atomic E-state index is 0.0259. The maximum absolute atomic E-state index is 11.3. The van der Waals surface area contributed by atoms with Crippen LogP contribution < -0.4 is 15.8 Å². The van der Waals surface area contributed by atoms with Gasteiger partial charge in [-0.05, 0) is 37.2 Å². The van der Waals surface area contributed by atoms with Crippen molar-refractivity contribution in [2.24, 2.45) is 5.73 Å². The molecule has 5 heteroatoms. The van der Waals surface area contributed by atoms with Crippen LogP contribution in [0.15, 0.2) is 24.3 Å². The first-order chi connectivity index (χ1) is 9.69. The highest BCUT2D eigenvalue weighted by Crippen LogP contribution is 2.12. The van der Waals surface area contributed by atoms with Crippen molar-refractivity contribution in [1.29, 1.82) is 0 Å². The number of ether oxygens (including phenoxy) is 1. The van der Waals surface area contributed by atoms with Crippen molar-refractivity contribution in [3.05, 3.63) is 29.8 Å². The van der Waals surface area contributed by atoms with Crippen molar-refractivity contribution >= 4 is 5.91 Å². The van der Waals surface area contributed by atoms with Gasteiger partial charge in [0, 0.05) is 13.6 Å². The van der Waals surface area contributed by atoms with Crippen LogP contribution in [0.1, 0.15) is 12.5 Å². The summed E-state index contributed by atoms with van der Waals surface area (Å²) in [4.78, 5) is 13.4. The van der Waals surface area contributed by atoms with E-state index in [4.69, 9.17) is 10.5 Å². The largest absolute Gasteiger partial charge is 0.492 e. The standard InChI is InChI=1S/C15H25N3O2/c1-3-18(12-15(19)17-2)10-11-20-14-6-4-13(5-7-14)8-9-16/h4-7H,3,8-12,16H2,1-2H3,(H,17,19). The first kappa shape index (κ1) is 16.5. The summed E-state index contributed by atoms with van der Waals surface area (Å²) in [5, 5.41) is 2.62. The quantitative estimate of drug-likeness (QED) is 0.696. The Morgan fingerprint density at radius 3 is 2.60 bits per heavy atom. The number of carbonyl (C=O) groups is 1. The third-order valence-corrected chi connectivity index (χ3v) is 3.13. The molecule has 0 aliphatic rings. The number of nitrogens with two attached hydrogens (primary N) is 1. The molecular weight excluding hydrogens is 254 g/mol. The number of amides is 1. The van der Waals surface area contributed by atoms with Crippen molar-refractivity contribution < 1.29 is 9.53 Å². The number of hydrogen-bond donors (Lipinski definition) is 2. The average molecular weight is 279 g/mol. The Kier molecular flexibility index (Phi) is 7.69. The van der Waals surface area contributed by atoms with Gasteiger partial charge in [-0.25, -0.2) is 0 Å². The van der Waals surface area contributed by atoms with Gasteiger partial charge in [0.1, 0.15) is 12.4 Å². The lowest BCUT2D eigenvalue weighted by molar-refractivity contribution is -0.121. The summed E-state index contributed by atoms with van der Waals surface area (Å²) in [6.45, 7) is 5.23. The number of likely N-dealkylation sites (N-methyl/N-ethyl adjacent to an activating group) is 2. The Morgan fingerprint density at radius 2 is 2.05 bits per heavy atom. The van der Waals surface area contributed by atoms with Gasteiger partial charge in [0.15, 0.2) is 0 Å². The van der Waals surface area contributed by atoms with E-state index in [0.717, 1.165) is 25.3 Å². The molecule has 1 aromatic rings. The van der Waals surface area contributed by atoms with Crippen LogP contribution in [0.3, 0.4) is 0 Å². The van der Waals surface area contributed by atoms with Gasteiger partial charge in [-0.2, -0.15) is 0 Å². The maximum atomic E-state index is 11.3. The molecule has 0 aromatic heterocycles. The molecular formula is C15H25N3O2. The van der Waals surface area contributed by atoms with Gasteiger partial charge in [-0.15, -0.1) is 0 Å². The van der Waals surface area contributed by atoms with Crippen LogP contribution in [-0.2, 0) is 11.2 Å². The fourth-order valence-electron chi connectivity index (χ4n) is 1.84. The molecule has 0 heterocycles. The molecule has 112 valence electrons. The second-order valence-corrected chi connectivity index (χ2v) is 4.57. The van der Waals surface area contributed by atoms with E-state index >= 15 is 0 Å². The molecule has 0 atom stereocenters. The van der Waals surface area contributed by atoms with Crippen molar-refractivity contribution in [2.45, 2.75) is 13.3 Å². The van der Waals surface area contributed by atoms with Gasteiger partial charge in [-0.3, -0.25) is 9.69 Å². The van der Waals surface area contributed by atoms with Crippen LogP contribution >= 0.6 is 0 Å². The molecule has 0 saturated heterocycles. The molecule has 0 radical (unpaired) electrons. The lowest BCUT2D eigenvalue weighted by atomic mass is 10.1. The molecule has 0 aliphatic carbocycles. The number of rotatable bonds is 9. The zero-order valence-electron chi connectivity index (χ0n) is 12.4. The van der Waals surface area contributed by atoms with E-state index in [1.165, 1.54) is 5.56 Å². The lowest BCUT2D eigenvalue weighted by Crippen LogP contribution is -2.37. The van der Waals surface area contributed by atoms with Gasteiger partial charge in [0.2, 0.25) is 5.91 Å². The minimum Gasteiger partial charge on any atom is -0.492 e. The Hall–Kier alpha value is -1.59.